The van der Waals surface area contributed by atoms with Gasteiger partial charge in [-0.3, -0.25) is 9.69 Å². The van der Waals surface area contributed by atoms with Crippen LogP contribution < -0.4 is 5.32 Å². The number of hydrogen-bond donors (Lipinski definition) is 1. The minimum Gasteiger partial charge on any atom is -0.318 e. The summed E-state index contributed by atoms with van der Waals surface area (Å²) in [6.07, 6.45) is 8.14. The van der Waals surface area contributed by atoms with Gasteiger partial charge in [0, 0.05) is 19.3 Å². The lowest BCUT2D eigenvalue weighted by molar-refractivity contribution is -0.129. The third-order valence-corrected chi connectivity index (χ3v) is 4.54. The molecule has 1 N–H and O–H groups in total. The Bertz CT molecular complexity index is 348. The molecule has 114 valence electrons. The van der Waals surface area contributed by atoms with E-state index in [1.807, 2.05) is 11.9 Å². The fourth-order valence-electron chi connectivity index (χ4n) is 3.17. The first-order valence-corrected chi connectivity index (χ1v) is 8.09. The van der Waals surface area contributed by atoms with Gasteiger partial charge in [-0.2, -0.15) is 0 Å². The maximum atomic E-state index is 12.4. The molecule has 1 aliphatic carbocycles. The standard InChI is InChI=1S/C16H29N3O/c1-3-19(12-14-7-6-10-17-11-14)13-16(20)18(2)15-8-4-5-9-15/h8,14,17H,3-7,9-13H2,1-2H3. The van der Waals surface area contributed by atoms with Crippen LogP contribution in [0, 0.1) is 5.92 Å². The normalized spacial score (nSPS) is 22.9. The van der Waals surface area contributed by atoms with E-state index in [-0.39, 0.29) is 5.91 Å². The van der Waals surface area contributed by atoms with Crippen molar-refractivity contribution in [1.82, 2.24) is 15.1 Å². The smallest absolute Gasteiger partial charge is 0.240 e. The summed E-state index contributed by atoms with van der Waals surface area (Å²) in [6, 6.07) is 0. The largest absolute Gasteiger partial charge is 0.318 e. The highest BCUT2D eigenvalue weighted by Crippen LogP contribution is 2.20. The topological polar surface area (TPSA) is 35.6 Å². The van der Waals surface area contributed by atoms with Gasteiger partial charge < -0.3 is 10.2 Å². The van der Waals surface area contributed by atoms with Crippen LogP contribution in [-0.4, -0.2) is 55.5 Å². The molecule has 0 radical (unpaired) electrons. The lowest BCUT2D eigenvalue weighted by Crippen LogP contribution is -2.43. The van der Waals surface area contributed by atoms with E-state index in [0.29, 0.717) is 12.5 Å². The molecule has 20 heavy (non-hydrogen) atoms. The molecule has 0 aromatic rings. The number of carbonyl (C=O) groups excluding carboxylic acids is 1. The molecular weight excluding hydrogens is 250 g/mol. The van der Waals surface area contributed by atoms with E-state index < -0.39 is 0 Å². The molecule has 1 amide bonds. The number of carbonyl (C=O) groups is 1. The van der Waals surface area contributed by atoms with Crippen molar-refractivity contribution in [2.75, 3.05) is 39.8 Å². The lowest BCUT2D eigenvalue weighted by Gasteiger charge is -2.30. The predicted molar refractivity (Wildman–Crippen MR) is 82.4 cm³/mol. The minimum absolute atomic E-state index is 0.240. The Morgan fingerprint density at radius 2 is 2.30 bits per heavy atom. The first kappa shape index (κ1) is 15.5. The highest BCUT2D eigenvalue weighted by Gasteiger charge is 2.21. The molecule has 4 nitrogen and oxygen atoms in total. The van der Waals surface area contributed by atoms with Crippen LogP contribution in [0.2, 0.25) is 0 Å². The van der Waals surface area contributed by atoms with Crippen molar-refractivity contribution in [3.8, 4) is 0 Å². The Labute approximate surface area is 123 Å². The van der Waals surface area contributed by atoms with Gasteiger partial charge in [-0.15, -0.1) is 0 Å². The summed E-state index contributed by atoms with van der Waals surface area (Å²) in [5.41, 5.74) is 1.21. The summed E-state index contributed by atoms with van der Waals surface area (Å²) >= 11 is 0. The van der Waals surface area contributed by atoms with Gasteiger partial charge in [-0.05, 0) is 57.7 Å². The summed E-state index contributed by atoms with van der Waals surface area (Å²) < 4.78 is 0. The van der Waals surface area contributed by atoms with Crippen molar-refractivity contribution in [1.29, 1.82) is 0 Å². The van der Waals surface area contributed by atoms with Gasteiger partial charge in [0.15, 0.2) is 0 Å². The minimum atomic E-state index is 0.240. The molecule has 0 aromatic heterocycles. The molecule has 0 bridgehead atoms. The molecule has 1 saturated heterocycles. The van der Waals surface area contributed by atoms with Crippen molar-refractivity contribution in [3.05, 3.63) is 11.8 Å². The fraction of sp³-hybridized carbons (Fsp3) is 0.812. The van der Waals surface area contributed by atoms with Crippen LogP contribution in [0.15, 0.2) is 11.8 Å². The quantitative estimate of drug-likeness (QED) is 0.806. The summed E-state index contributed by atoms with van der Waals surface area (Å²) in [5, 5.41) is 3.45. The summed E-state index contributed by atoms with van der Waals surface area (Å²) in [5.74, 6) is 0.941. The summed E-state index contributed by atoms with van der Waals surface area (Å²) in [4.78, 5) is 16.5. The molecule has 0 saturated carbocycles. The van der Waals surface area contributed by atoms with Gasteiger partial charge >= 0.3 is 0 Å². The van der Waals surface area contributed by atoms with Gasteiger partial charge in [-0.1, -0.05) is 13.0 Å². The highest BCUT2D eigenvalue weighted by atomic mass is 16.2. The highest BCUT2D eigenvalue weighted by molar-refractivity contribution is 5.79. The first-order valence-electron chi connectivity index (χ1n) is 8.09. The van der Waals surface area contributed by atoms with Gasteiger partial charge in [0.2, 0.25) is 5.91 Å². The first-order chi connectivity index (χ1) is 9.70. The Hall–Kier alpha value is -0.870. The third kappa shape index (κ3) is 4.32. The van der Waals surface area contributed by atoms with Gasteiger partial charge in [0.1, 0.15) is 0 Å². The van der Waals surface area contributed by atoms with Crippen LogP contribution in [0.4, 0.5) is 0 Å². The number of nitrogens with one attached hydrogen (secondary N) is 1. The fourth-order valence-corrected chi connectivity index (χ4v) is 3.17. The van der Waals surface area contributed by atoms with E-state index >= 15 is 0 Å². The van der Waals surface area contributed by atoms with Gasteiger partial charge in [0.25, 0.3) is 0 Å². The Balaban J connectivity index is 1.80. The van der Waals surface area contributed by atoms with E-state index in [2.05, 4.69) is 23.2 Å². The molecular formula is C16H29N3O. The zero-order valence-corrected chi connectivity index (χ0v) is 13.0. The average Bonchev–Trinajstić information content (AvgIpc) is 3.01. The number of piperidine rings is 1. The Kier molecular flexibility index (Phi) is 6.05. The number of amides is 1. The van der Waals surface area contributed by atoms with Crippen LogP contribution in [0.3, 0.4) is 0 Å². The van der Waals surface area contributed by atoms with E-state index in [4.69, 9.17) is 0 Å². The van der Waals surface area contributed by atoms with E-state index in [1.165, 1.54) is 25.0 Å². The molecule has 1 fully saturated rings. The maximum Gasteiger partial charge on any atom is 0.240 e. The van der Waals surface area contributed by atoms with Crippen molar-refractivity contribution in [3.63, 3.8) is 0 Å². The average molecular weight is 279 g/mol. The molecule has 2 rings (SSSR count). The molecule has 1 heterocycles. The Morgan fingerprint density at radius 1 is 1.45 bits per heavy atom. The maximum absolute atomic E-state index is 12.4. The lowest BCUT2D eigenvalue weighted by atomic mass is 9.99. The molecule has 1 atom stereocenters. The monoisotopic (exact) mass is 279 g/mol. The van der Waals surface area contributed by atoms with Crippen LogP contribution >= 0.6 is 0 Å². The molecule has 0 aromatic carbocycles. The van der Waals surface area contributed by atoms with E-state index in [0.717, 1.165) is 39.0 Å². The van der Waals surface area contributed by atoms with Crippen molar-refractivity contribution >= 4 is 5.91 Å². The van der Waals surface area contributed by atoms with Crippen molar-refractivity contribution in [2.24, 2.45) is 5.92 Å². The van der Waals surface area contributed by atoms with Crippen LogP contribution in [0.1, 0.15) is 39.0 Å². The van der Waals surface area contributed by atoms with Crippen molar-refractivity contribution in [2.45, 2.75) is 39.0 Å². The summed E-state index contributed by atoms with van der Waals surface area (Å²) in [6.45, 7) is 6.96. The third-order valence-electron chi connectivity index (χ3n) is 4.54. The van der Waals surface area contributed by atoms with Crippen molar-refractivity contribution < 1.29 is 4.79 Å². The summed E-state index contributed by atoms with van der Waals surface area (Å²) in [7, 11) is 1.93. The molecule has 1 unspecified atom stereocenters. The predicted octanol–water partition coefficient (Wildman–Crippen LogP) is 1.83. The SMILES string of the molecule is CCN(CC(=O)N(C)C1=CCCC1)CC1CCCNC1. The van der Waals surface area contributed by atoms with E-state index in [9.17, 15) is 4.79 Å². The van der Waals surface area contributed by atoms with Crippen LogP contribution in [-0.2, 0) is 4.79 Å². The van der Waals surface area contributed by atoms with E-state index in [1.54, 1.807) is 0 Å². The second-order valence-electron chi connectivity index (χ2n) is 6.08. The van der Waals surface area contributed by atoms with Crippen LogP contribution in [0.25, 0.3) is 0 Å². The zero-order chi connectivity index (χ0) is 14.4. The van der Waals surface area contributed by atoms with Crippen LogP contribution in [0.5, 0.6) is 0 Å². The molecule has 4 heteroatoms. The number of hydrogen-bond acceptors (Lipinski definition) is 3. The molecule has 1 aliphatic heterocycles. The second kappa shape index (κ2) is 7.79. The Morgan fingerprint density at radius 3 is 2.90 bits per heavy atom. The number of allylic oxidation sites excluding steroid dienone is 2. The molecule has 0 spiro atoms. The second-order valence-corrected chi connectivity index (χ2v) is 6.08. The molecule has 2 aliphatic rings. The zero-order valence-electron chi connectivity index (χ0n) is 13.0. The number of rotatable bonds is 6. The van der Waals surface area contributed by atoms with Gasteiger partial charge in [0.05, 0.1) is 6.54 Å². The number of nitrogens with zero attached hydrogens (tertiary/aromatic N) is 2. The van der Waals surface area contributed by atoms with Gasteiger partial charge in [-0.25, -0.2) is 0 Å². The number of likely N-dealkylation sites (N-methyl/N-ethyl adjacent to an activating group) is 2.